The lowest BCUT2D eigenvalue weighted by atomic mass is 9.98. The minimum absolute atomic E-state index is 0.147. The minimum Gasteiger partial charge on any atom is -0.495 e. The quantitative estimate of drug-likeness (QED) is 0.554. The van der Waals surface area contributed by atoms with Gasteiger partial charge in [-0.1, -0.05) is 56.3 Å². The van der Waals surface area contributed by atoms with Gasteiger partial charge in [-0.25, -0.2) is 8.42 Å². The number of sulfonamides is 1. The molecule has 0 spiro atoms. The molecule has 0 bridgehead atoms. The zero-order valence-corrected chi connectivity index (χ0v) is 20.1. The van der Waals surface area contributed by atoms with Crippen LogP contribution in [0.5, 0.6) is 5.75 Å². The standard InChI is InChI=1S/C26H30N2O4S/c1-18(2)20-13-14-24(32-3)25(16-20)33(30,31)28-15-7-10-21(17-28)26(29)27-23-12-6-9-19-8-4-5-11-22(19)23/h4-6,8-9,11-14,16,18,21H,7,10,15,17H2,1-3H3,(H,27,29)/t21-/m0/s1. The summed E-state index contributed by atoms with van der Waals surface area (Å²) in [5, 5.41) is 5.03. The number of fused-ring (bicyclic) bond motifs is 1. The Labute approximate surface area is 195 Å². The van der Waals surface area contributed by atoms with E-state index < -0.39 is 15.9 Å². The number of anilines is 1. The molecular weight excluding hydrogens is 436 g/mol. The Morgan fingerprint density at radius 1 is 1.09 bits per heavy atom. The summed E-state index contributed by atoms with van der Waals surface area (Å²) in [6, 6.07) is 18.9. The van der Waals surface area contributed by atoms with Crippen molar-refractivity contribution in [2.24, 2.45) is 5.92 Å². The first-order chi connectivity index (χ1) is 15.8. The number of nitrogens with one attached hydrogen (secondary N) is 1. The Hall–Kier alpha value is -2.90. The van der Waals surface area contributed by atoms with Crippen molar-refractivity contribution in [1.29, 1.82) is 0 Å². The van der Waals surface area contributed by atoms with Crippen LogP contribution in [0.2, 0.25) is 0 Å². The van der Waals surface area contributed by atoms with E-state index in [9.17, 15) is 13.2 Å². The molecule has 1 fully saturated rings. The maximum atomic E-state index is 13.6. The average Bonchev–Trinajstić information content (AvgIpc) is 2.83. The van der Waals surface area contributed by atoms with E-state index in [0.717, 1.165) is 22.0 Å². The molecule has 1 atom stereocenters. The number of ether oxygens (including phenoxy) is 1. The molecule has 1 heterocycles. The number of hydrogen-bond acceptors (Lipinski definition) is 4. The summed E-state index contributed by atoms with van der Waals surface area (Å²) in [6.45, 7) is 4.57. The summed E-state index contributed by atoms with van der Waals surface area (Å²) in [6.07, 6.45) is 1.27. The van der Waals surface area contributed by atoms with Crippen LogP contribution in [0.4, 0.5) is 5.69 Å². The summed E-state index contributed by atoms with van der Waals surface area (Å²) < 4.78 is 33.9. The van der Waals surface area contributed by atoms with E-state index in [1.165, 1.54) is 11.4 Å². The van der Waals surface area contributed by atoms with Gasteiger partial charge < -0.3 is 10.1 Å². The first-order valence-electron chi connectivity index (χ1n) is 11.3. The first-order valence-corrected chi connectivity index (χ1v) is 12.7. The predicted octanol–water partition coefficient (Wildman–Crippen LogP) is 5.01. The first kappa shape index (κ1) is 23.3. The van der Waals surface area contributed by atoms with Gasteiger partial charge in [0.2, 0.25) is 15.9 Å². The SMILES string of the molecule is COc1ccc(C(C)C)cc1S(=O)(=O)N1CCC[C@H](C(=O)Nc2cccc3ccccc23)C1. The Bertz CT molecular complexity index is 1270. The fourth-order valence-electron chi connectivity index (χ4n) is 4.34. The summed E-state index contributed by atoms with van der Waals surface area (Å²) in [4.78, 5) is 13.3. The van der Waals surface area contributed by atoms with E-state index in [2.05, 4.69) is 5.32 Å². The summed E-state index contributed by atoms with van der Waals surface area (Å²) in [5.74, 6) is -0.0758. The molecule has 3 aromatic carbocycles. The lowest BCUT2D eigenvalue weighted by Gasteiger charge is -2.31. The second kappa shape index (κ2) is 9.53. The van der Waals surface area contributed by atoms with E-state index in [4.69, 9.17) is 4.74 Å². The summed E-state index contributed by atoms with van der Waals surface area (Å²) >= 11 is 0. The number of methoxy groups -OCH3 is 1. The molecule has 0 unspecified atom stereocenters. The number of nitrogens with zero attached hydrogens (tertiary/aromatic N) is 1. The highest BCUT2D eigenvalue weighted by molar-refractivity contribution is 7.89. The Balaban J connectivity index is 1.57. The molecule has 1 aliphatic heterocycles. The molecule has 6 nitrogen and oxygen atoms in total. The lowest BCUT2D eigenvalue weighted by Crippen LogP contribution is -2.43. The van der Waals surface area contributed by atoms with Gasteiger partial charge in [-0.2, -0.15) is 4.31 Å². The molecule has 3 aromatic rings. The third kappa shape index (κ3) is 4.75. The van der Waals surface area contributed by atoms with E-state index >= 15 is 0 Å². The summed E-state index contributed by atoms with van der Waals surface area (Å²) in [7, 11) is -2.33. The third-order valence-corrected chi connectivity index (χ3v) is 8.16. The topological polar surface area (TPSA) is 75.7 Å². The van der Waals surface area contributed by atoms with Gasteiger partial charge in [0.05, 0.1) is 13.0 Å². The Morgan fingerprint density at radius 2 is 1.85 bits per heavy atom. The average molecular weight is 467 g/mol. The number of carbonyl (C=O) groups is 1. The van der Waals surface area contributed by atoms with Crippen LogP contribution in [-0.4, -0.2) is 38.8 Å². The molecule has 0 aliphatic carbocycles. The Morgan fingerprint density at radius 3 is 2.61 bits per heavy atom. The smallest absolute Gasteiger partial charge is 0.246 e. The van der Waals surface area contributed by atoms with E-state index in [0.29, 0.717) is 25.1 Å². The van der Waals surface area contributed by atoms with Crippen molar-refractivity contribution < 1.29 is 17.9 Å². The molecule has 7 heteroatoms. The van der Waals surface area contributed by atoms with Crippen LogP contribution < -0.4 is 10.1 Å². The van der Waals surface area contributed by atoms with Crippen molar-refractivity contribution in [2.45, 2.75) is 37.5 Å². The van der Waals surface area contributed by atoms with Crippen LogP contribution in [0.15, 0.2) is 65.6 Å². The summed E-state index contributed by atoms with van der Waals surface area (Å²) in [5.41, 5.74) is 1.67. The maximum absolute atomic E-state index is 13.6. The molecule has 1 amide bonds. The fraction of sp³-hybridized carbons (Fsp3) is 0.346. The zero-order chi connectivity index (χ0) is 23.6. The number of piperidine rings is 1. The van der Waals surface area contributed by atoms with E-state index in [1.807, 2.05) is 62.4 Å². The van der Waals surface area contributed by atoms with Crippen molar-refractivity contribution in [3.8, 4) is 5.75 Å². The van der Waals surface area contributed by atoms with Crippen molar-refractivity contribution in [3.05, 3.63) is 66.2 Å². The monoisotopic (exact) mass is 466 g/mol. The van der Waals surface area contributed by atoms with Gasteiger partial charge in [0, 0.05) is 24.2 Å². The second-order valence-electron chi connectivity index (χ2n) is 8.78. The van der Waals surface area contributed by atoms with Gasteiger partial charge in [0.25, 0.3) is 0 Å². The molecule has 33 heavy (non-hydrogen) atoms. The fourth-order valence-corrected chi connectivity index (χ4v) is 6.05. The minimum atomic E-state index is -3.81. The van der Waals surface area contributed by atoms with Crippen molar-refractivity contribution in [1.82, 2.24) is 4.31 Å². The molecule has 0 saturated carbocycles. The van der Waals surface area contributed by atoms with Crippen LogP contribution >= 0.6 is 0 Å². The van der Waals surface area contributed by atoms with E-state index in [1.54, 1.807) is 12.1 Å². The maximum Gasteiger partial charge on any atom is 0.246 e. The van der Waals surface area contributed by atoms with Crippen LogP contribution in [-0.2, 0) is 14.8 Å². The molecular formula is C26H30N2O4S. The van der Waals surface area contributed by atoms with Gasteiger partial charge in [0.1, 0.15) is 10.6 Å². The molecule has 4 rings (SSSR count). The number of benzene rings is 3. The van der Waals surface area contributed by atoms with Gasteiger partial charge in [-0.15, -0.1) is 0 Å². The number of amides is 1. The van der Waals surface area contributed by atoms with Crippen LogP contribution in [0, 0.1) is 5.92 Å². The van der Waals surface area contributed by atoms with Gasteiger partial charge in [-0.3, -0.25) is 4.79 Å². The third-order valence-electron chi connectivity index (χ3n) is 6.27. The lowest BCUT2D eigenvalue weighted by molar-refractivity contribution is -0.120. The molecule has 0 radical (unpaired) electrons. The molecule has 1 N–H and O–H groups in total. The van der Waals surface area contributed by atoms with Gasteiger partial charge >= 0.3 is 0 Å². The van der Waals surface area contributed by atoms with Crippen molar-refractivity contribution in [2.75, 3.05) is 25.5 Å². The van der Waals surface area contributed by atoms with E-state index in [-0.39, 0.29) is 23.3 Å². The molecule has 1 aliphatic rings. The molecule has 174 valence electrons. The van der Waals surface area contributed by atoms with Gasteiger partial charge in [-0.05, 0) is 47.9 Å². The van der Waals surface area contributed by atoms with Crippen LogP contribution in [0.3, 0.4) is 0 Å². The van der Waals surface area contributed by atoms with Crippen molar-refractivity contribution in [3.63, 3.8) is 0 Å². The zero-order valence-electron chi connectivity index (χ0n) is 19.2. The second-order valence-corrected chi connectivity index (χ2v) is 10.7. The number of rotatable bonds is 6. The largest absolute Gasteiger partial charge is 0.495 e. The Kier molecular flexibility index (Phi) is 6.72. The highest BCUT2D eigenvalue weighted by Gasteiger charge is 2.35. The highest BCUT2D eigenvalue weighted by Crippen LogP contribution is 2.33. The van der Waals surface area contributed by atoms with Crippen molar-refractivity contribution >= 4 is 32.4 Å². The molecule has 0 aromatic heterocycles. The number of carbonyl (C=O) groups excluding carboxylic acids is 1. The predicted molar refractivity (Wildman–Crippen MR) is 131 cm³/mol. The normalized spacial score (nSPS) is 17.3. The number of hydrogen-bond donors (Lipinski definition) is 1. The molecule has 1 saturated heterocycles. The highest BCUT2D eigenvalue weighted by atomic mass is 32.2. The van der Waals surface area contributed by atoms with Crippen LogP contribution in [0.1, 0.15) is 38.2 Å². The van der Waals surface area contributed by atoms with Gasteiger partial charge in [0.15, 0.2) is 0 Å². The van der Waals surface area contributed by atoms with Crippen LogP contribution in [0.25, 0.3) is 10.8 Å².